The van der Waals surface area contributed by atoms with Crippen molar-refractivity contribution in [2.45, 2.75) is 50.3 Å². The first kappa shape index (κ1) is 18.2. The molecular weight excluding hydrogens is 364 g/mol. The molecule has 2 aromatic rings. The van der Waals surface area contributed by atoms with Crippen LogP contribution in [-0.4, -0.2) is 54.0 Å². The summed E-state index contributed by atoms with van der Waals surface area (Å²) >= 11 is 0. The van der Waals surface area contributed by atoms with E-state index in [1.54, 1.807) is 34.8 Å². The van der Waals surface area contributed by atoms with Crippen LogP contribution in [-0.2, 0) is 10.0 Å². The molecule has 0 spiro atoms. The molecule has 1 aromatic carbocycles. The number of aryl methyl sites for hydroxylation is 1. The molecule has 3 saturated heterocycles. The Morgan fingerprint density at radius 3 is 2.37 bits per heavy atom. The number of ether oxygens (including phenoxy) is 1. The summed E-state index contributed by atoms with van der Waals surface area (Å²) in [6.45, 7) is 7.05. The molecule has 27 heavy (non-hydrogen) atoms. The van der Waals surface area contributed by atoms with Gasteiger partial charge in [0, 0.05) is 31.4 Å². The third-order valence-corrected chi connectivity index (χ3v) is 7.00. The van der Waals surface area contributed by atoms with Crippen LogP contribution in [0, 0.1) is 6.92 Å². The van der Waals surface area contributed by atoms with Crippen molar-refractivity contribution >= 4 is 15.8 Å². The SMILES string of the molecule is Cc1nccc(N2CC3CC(C2)N3S(=O)(=O)c2ccc(OC(C)C)cc2)n1. The second-order valence-corrected chi connectivity index (χ2v) is 9.23. The molecule has 7 nitrogen and oxygen atoms in total. The molecule has 0 amide bonds. The van der Waals surface area contributed by atoms with Crippen molar-refractivity contribution in [1.82, 2.24) is 14.3 Å². The predicted molar refractivity (Wildman–Crippen MR) is 102 cm³/mol. The maximum absolute atomic E-state index is 13.1. The Balaban J connectivity index is 1.50. The van der Waals surface area contributed by atoms with Gasteiger partial charge in [0.1, 0.15) is 17.4 Å². The minimum absolute atomic E-state index is 0.0180. The molecule has 3 aliphatic rings. The summed E-state index contributed by atoms with van der Waals surface area (Å²) in [5.74, 6) is 2.27. The first-order valence-electron chi connectivity index (χ1n) is 9.19. The Morgan fingerprint density at radius 2 is 1.78 bits per heavy atom. The molecule has 0 saturated carbocycles. The largest absolute Gasteiger partial charge is 0.491 e. The Kier molecular flexibility index (Phi) is 4.55. The number of benzene rings is 1. The van der Waals surface area contributed by atoms with E-state index in [0.29, 0.717) is 23.7 Å². The zero-order valence-corrected chi connectivity index (χ0v) is 16.6. The van der Waals surface area contributed by atoms with Crippen LogP contribution in [0.25, 0.3) is 0 Å². The lowest BCUT2D eigenvalue weighted by Crippen LogP contribution is -2.70. The fraction of sp³-hybridized carbons (Fsp3) is 0.474. The zero-order valence-electron chi connectivity index (χ0n) is 15.7. The van der Waals surface area contributed by atoms with Crippen LogP contribution in [0.2, 0.25) is 0 Å². The number of hydrogen-bond acceptors (Lipinski definition) is 6. The van der Waals surface area contributed by atoms with Crippen LogP contribution in [0.3, 0.4) is 0 Å². The third-order valence-electron chi connectivity index (χ3n) is 4.98. The molecule has 3 fully saturated rings. The average molecular weight is 388 g/mol. The fourth-order valence-electron chi connectivity index (χ4n) is 3.86. The Labute approximate surface area is 160 Å². The number of rotatable bonds is 5. The summed E-state index contributed by atoms with van der Waals surface area (Å²) in [7, 11) is -3.50. The molecule has 2 atom stereocenters. The van der Waals surface area contributed by atoms with Crippen molar-refractivity contribution in [3.8, 4) is 5.75 Å². The van der Waals surface area contributed by atoms with Crippen molar-refractivity contribution in [3.63, 3.8) is 0 Å². The minimum Gasteiger partial charge on any atom is -0.491 e. The van der Waals surface area contributed by atoms with Crippen molar-refractivity contribution in [2.24, 2.45) is 0 Å². The maximum Gasteiger partial charge on any atom is 0.243 e. The number of aromatic nitrogens is 2. The van der Waals surface area contributed by atoms with E-state index in [0.717, 1.165) is 18.1 Å². The summed E-state index contributed by atoms with van der Waals surface area (Å²) in [5, 5.41) is 0. The van der Waals surface area contributed by atoms with Gasteiger partial charge in [-0.05, 0) is 57.5 Å². The van der Waals surface area contributed by atoms with Gasteiger partial charge in [-0.3, -0.25) is 0 Å². The van der Waals surface area contributed by atoms with Crippen LogP contribution in [0.15, 0.2) is 41.4 Å². The van der Waals surface area contributed by atoms with E-state index in [2.05, 4.69) is 14.9 Å². The van der Waals surface area contributed by atoms with E-state index in [4.69, 9.17) is 4.74 Å². The molecule has 0 N–H and O–H groups in total. The molecule has 0 aliphatic carbocycles. The molecular formula is C19H24N4O3S. The summed E-state index contributed by atoms with van der Waals surface area (Å²) in [4.78, 5) is 11.1. The van der Waals surface area contributed by atoms with Gasteiger partial charge in [-0.25, -0.2) is 18.4 Å². The number of piperazine rings is 1. The number of nitrogens with zero attached hydrogens (tertiary/aromatic N) is 4. The highest BCUT2D eigenvalue weighted by molar-refractivity contribution is 7.89. The molecule has 5 rings (SSSR count). The van der Waals surface area contributed by atoms with Crippen molar-refractivity contribution in [2.75, 3.05) is 18.0 Å². The van der Waals surface area contributed by atoms with Crippen molar-refractivity contribution in [1.29, 1.82) is 0 Å². The van der Waals surface area contributed by atoms with Gasteiger partial charge in [0.2, 0.25) is 10.0 Å². The molecule has 1 aromatic heterocycles. The minimum atomic E-state index is -3.50. The van der Waals surface area contributed by atoms with Gasteiger partial charge in [0.05, 0.1) is 11.0 Å². The lowest BCUT2D eigenvalue weighted by Gasteiger charge is -2.55. The van der Waals surface area contributed by atoms with E-state index >= 15 is 0 Å². The smallest absolute Gasteiger partial charge is 0.243 e. The monoisotopic (exact) mass is 388 g/mol. The Hall–Kier alpha value is -2.19. The third kappa shape index (κ3) is 3.39. The molecule has 4 heterocycles. The van der Waals surface area contributed by atoms with Crippen LogP contribution >= 0.6 is 0 Å². The number of piperidine rings is 1. The standard InChI is InChI=1S/C19H24N4O3S/c1-13(2)26-17-4-6-18(7-5-17)27(24,25)23-15-10-16(23)12-22(11-15)19-8-9-20-14(3)21-19/h4-9,13,15-16H,10-12H2,1-3H3. The predicted octanol–water partition coefficient (Wildman–Crippen LogP) is 2.22. The highest BCUT2D eigenvalue weighted by Gasteiger charge is 2.51. The molecule has 8 heteroatoms. The molecule has 144 valence electrons. The van der Waals surface area contributed by atoms with Crippen molar-refractivity contribution < 1.29 is 13.2 Å². The van der Waals surface area contributed by atoms with Crippen molar-refractivity contribution in [3.05, 3.63) is 42.4 Å². The van der Waals surface area contributed by atoms with E-state index in [1.807, 2.05) is 26.8 Å². The highest BCUT2D eigenvalue weighted by Crippen LogP contribution is 2.38. The fourth-order valence-corrected chi connectivity index (χ4v) is 5.67. The highest BCUT2D eigenvalue weighted by atomic mass is 32.2. The van der Waals surface area contributed by atoms with Gasteiger partial charge in [0.25, 0.3) is 0 Å². The van der Waals surface area contributed by atoms with E-state index in [1.165, 1.54) is 0 Å². The van der Waals surface area contributed by atoms with Crippen LogP contribution in [0.4, 0.5) is 5.82 Å². The van der Waals surface area contributed by atoms with E-state index in [-0.39, 0.29) is 18.2 Å². The van der Waals surface area contributed by atoms with E-state index in [9.17, 15) is 8.42 Å². The number of anilines is 1. The van der Waals surface area contributed by atoms with Gasteiger partial charge in [-0.15, -0.1) is 0 Å². The van der Waals surface area contributed by atoms with Gasteiger partial charge in [-0.2, -0.15) is 4.31 Å². The zero-order chi connectivity index (χ0) is 19.2. The van der Waals surface area contributed by atoms with Gasteiger partial charge in [-0.1, -0.05) is 0 Å². The summed E-state index contributed by atoms with van der Waals surface area (Å²) < 4.78 is 33.5. The topological polar surface area (TPSA) is 75.6 Å². The summed E-state index contributed by atoms with van der Waals surface area (Å²) in [6.07, 6.45) is 2.69. The first-order valence-corrected chi connectivity index (χ1v) is 10.6. The van der Waals surface area contributed by atoms with E-state index < -0.39 is 10.0 Å². The number of sulfonamides is 1. The Bertz CT molecular complexity index is 918. The Morgan fingerprint density at radius 1 is 1.11 bits per heavy atom. The first-order chi connectivity index (χ1) is 12.8. The number of fused-ring (bicyclic) bond motifs is 2. The van der Waals surface area contributed by atoms with Crippen LogP contribution in [0.5, 0.6) is 5.75 Å². The van der Waals surface area contributed by atoms with Gasteiger partial charge in [0.15, 0.2) is 0 Å². The second-order valence-electron chi connectivity index (χ2n) is 7.38. The second kappa shape index (κ2) is 6.76. The summed E-state index contributed by atoms with van der Waals surface area (Å²) in [6, 6.07) is 8.55. The lowest BCUT2D eigenvalue weighted by atomic mass is 9.91. The molecule has 2 unspecified atom stereocenters. The average Bonchev–Trinajstić information content (AvgIpc) is 2.61. The van der Waals surface area contributed by atoms with Crippen LogP contribution < -0.4 is 9.64 Å². The van der Waals surface area contributed by atoms with Gasteiger partial charge >= 0.3 is 0 Å². The van der Waals surface area contributed by atoms with Gasteiger partial charge < -0.3 is 9.64 Å². The molecule has 0 radical (unpaired) electrons. The quantitative estimate of drug-likeness (QED) is 0.782. The molecule has 2 bridgehead atoms. The van der Waals surface area contributed by atoms with Crippen LogP contribution in [0.1, 0.15) is 26.1 Å². The molecule has 3 aliphatic heterocycles. The maximum atomic E-state index is 13.1. The number of hydrogen-bond donors (Lipinski definition) is 0. The lowest BCUT2D eigenvalue weighted by molar-refractivity contribution is 0.0874. The summed E-state index contributed by atoms with van der Waals surface area (Å²) in [5.41, 5.74) is 0. The normalized spacial score (nSPS) is 22.6.